The minimum Gasteiger partial charge on any atom is -0.504 e. The van der Waals surface area contributed by atoms with Gasteiger partial charge in [0.2, 0.25) is 5.91 Å². The summed E-state index contributed by atoms with van der Waals surface area (Å²) in [6.07, 6.45) is 1.57. The Morgan fingerprint density at radius 3 is 2.50 bits per heavy atom. The number of β-lactam (4-membered cyclic amide) rings is 1. The molecule has 1 atom stereocenters. The highest BCUT2D eigenvalue weighted by atomic mass is 35.5. The second-order valence-electron chi connectivity index (χ2n) is 7.09. The molecule has 7 heteroatoms. The van der Waals surface area contributed by atoms with Crippen LogP contribution in [-0.2, 0) is 4.79 Å². The van der Waals surface area contributed by atoms with E-state index in [4.69, 9.17) is 11.6 Å². The zero-order chi connectivity index (χ0) is 17.6. The summed E-state index contributed by atoms with van der Waals surface area (Å²) in [5.74, 6) is -1.44. The average Bonchev–Trinajstić information content (AvgIpc) is 2.56. The highest BCUT2D eigenvalue weighted by molar-refractivity contribution is 6.32. The molecular weight excluding hydrogens is 335 g/mol. The fourth-order valence-electron chi connectivity index (χ4n) is 3.59. The lowest BCUT2D eigenvalue weighted by Crippen LogP contribution is -2.68. The predicted molar refractivity (Wildman–Crippen MR) is 87.4 cm³/mol. The molecule has 0 radical (unpaired) electrons. The van der Waals surface area contributed by atoms with Gasteiger partial charge in [0.05, 0.1) is 10.4 Å². The Morgan fingerprint density at radius 2 is 2.00 bits per heavy atom. The van der Waals surface area contributed by atoms with E-state index in [0.717, 1.165) is 18.9 Å². The Hall–Kier alpha value is -1.82. The smallest absolute Gasteiger partial charge is 0.254 e. The van der Waals surface area contributed by atoms with E-state index >= 15 is 0 Å². The number of halogens is 2. The molecule has 2 aliphatic heterocycles. The molecule has 2 aliphatic rings. The first kappa shape index (κ1) is 17.0. The highest BCUT2D eigenvalue weighted by Crippen LogP contribution is 2.38. The van der Waals surface area contributed by atoms with Gasteiger partial charge in [-0.2, -0.15) is 0 Å². The molecule has 2 fully saturated rings. The van der Waals surface area contributed by atoms with E-state index in [-0.39, 0.29) is 33.9 Å². The van der Waals surface area contributed by atoms with Gasteiger partial charge >= 0.3 is 0 Å². The van der Waals surface area contributed by atoms with Crippen molar-refractivity contribution in [1.29, 1.82) is 0 Å². The molecule has 5 nitrogen and oxygen atoms in total. The maximum atomic E-state index is 13.6. The molecule has 24 heavy (non-hydrogen) atoms. The van der Waals surface area contributed by atoms with E-state index in [1.54, 1.807) is 4.90 Å². The van der Waals surface area contributed by atoms with Crippen molar-refractivity contribution in [3.05, 3.63) is 28.5 Å². The number of aromatic hydroxyl groups is 1. The Balaban J connectivity index is 1.65. The van der Waals surface area contributed by atoms with Crippen LogP contribution in [0.5, 0.6) is 5.75 Å². The second kappa shape index (κ2) is 5.92. The number of phenolic OH excluding ortho intramolecular Hbond substituents is 1. The minimum absolute atomic E-state index is 0.0696. The first-order valence-electron chi connectivity index (χ1n) is 8.00. The molecular formula is C17H20ClFN2O3. The summed E-state index contributed by atoms with van der Waals surface area (Å²) < 4.78 is 13.6. The van der Waals surface area contributed by atoms with Crippen LogP contribution in [-0.4, -0.2) is 41.0 Å². The lowest BCUT2D eigenvalue weighted by Gasteiger charge is -2.50. The molecule has 0 unspecified atom stereocenters. The standard InChI is InChI=1S/C17H20ClFN2O3/c1-17(2)14(20-16(17)24)9-3-5-21(6-4-9)15(23)10-7-11(18)13(22)12(19)8-10/h7-9,14,22H,3-6H2,1-2H3,(H,20,24)/t14-/m1/s1. The summed E-state index contributed by atoms with van der Waals surface area (Å²) in [7, 11) is 0. The van der Waals surface area contributed by atoms with Crippen LogP contribution in [0.25, 0.3) is 0 Å². The van der Waals surface area contributed by atoms with Crippen LogP contribution < -0.4 is 5.32 Å². The van der Waals surface area contributed by atoms with Crippen molar-refractivity contribution >= 4 is 23.4 Å². The fraction of sp³-hybridized carbons (Fsp3) is 0.529. The van der Waals surface area contributed by atoms with Crippen LogP contribution in [0.3, 0.4) is 0 Å². The van der Waals surface area contributed by atoms with E-state index in [0.29, 0.717) is 19.0 Å². The van der Waals surface area contributed by atoms with Crippen LogP contribution in [0.1, 0.15) is 37.0 Å². The molecule has 2 amide bonds. The summed E-state index contributed by atoms with van der Waals surface area (Å²) in [6, 6.07) is 2.43. The number of rotatable bonds is 2. The number of likely N-dealkylation sites (tertiary alicyclic amines) is 1. The molecule has 2 heterocycles. The van der Waals surface area contributed by atoms with Crippen LogP contribution in [0.4, 0.5) is 4.39 Å². The van der Waals surface area contributed by atoms with Crippen LogP contribution in [0, 0.1) is 17.2 Å². The van der Waals surface area contributed by atoms with E-state index in [1.165, 1.54) is 6.07 Å². The van der Waals surface area contributed by atoms with E-state index in [9.17, 15) is 19.1 Å². The molecule has 0 spiro atoms. The van der Waals surface area contributed by atoms with Crippen molar-refractivity contribution in [1.82, 2.24) is 10.2 Å². The third-order valence-electron chi connectivity index (χ3n) is 5.21. The van der Waals surface area contributed by atoms with Crippen LogP contribution >= 0.6 is 11.6 Å². The topological polar surface area (TPSA) is 69.6 Å². The van der Waals surface area contributed by atoms with Crippen molar-refractivity contribution in [2.75, 3.05) is 13.1 Å². The molecule has 1 aromatic rings. The largest absolute Gasteiger partial charge is 0.504 e. The number of nitrogens with zero attached hydrogens (tertiary/aromatic N) is 1. The average molecular weight is 355 g/mol. The van der Waals surface area contributed by atoms with Gasteiger partial charge in [0, 0.05) is 24.7 Å². The molecule has 3 rings (SSSR count). The second-order valence-corrected chi connectivity index (χ2v) is 7.50. The van der Waals surface area contributed by atoms with Crippen molar-refractivity contribution in [3.8, 4) is 5.75 Å². The van der Waals surface area contributed by atoms with Crippen LogP contribution in [0.2, 0.25) is 5.02 Å². The van der Waals surface area contributed by atoms with E-state index in [2.05, 4.69) is 5.32 Å². The van der Waals surface area contributed by atoms with Crippen LogP contribution in [0.15, 0.2) is 12.1 Å². The fourth-order valence-corrected chi connectivity index (χ4v) is 3.79. The minimum atomic E-state index is -0.903. The van der Waals surface area contributed by atoms with Gasteiger partial charge in [-0.1, -0.05) is 11.6 Å². The highest BCUT2D eigenvalue weighted by Gasteiger charge is 2.51. The molecule has 2 N–H and O–H groups in total. The third kappa shape index (κ3) is 2.73. The number of phenols is 1. The molecule has 2 saturated heterocycles. The van der Waals surface area contributed by atoms with Gasteiger partial charge in [0.15, 0.2) is 11.6 Å². The van der Waals surface area contributed by atoms with Crippen molar-refractivity contribution in [2.45, 2.75) is 32.7 Å². The zero-order valence-corrected chi connectivity index (χ0v) is 14.4. The quantitative estimate of drug-likeness (QED) is 0.802. The number of piperidine rings is 1. The van der Waals surface area contributed by atoms with Gasteiger partial charge in [-0.15, -0.1) is 0 Å². The zero-order valence-electron chi connectivity index (χ0n) is 13.6. The Kier molecular flexibility index (Phi) is 4.20. The molecule has 0 saturated carbocycles. The molecule has 0 aromatic heterocycles. The maximum Gasteiger partial charge on any atom is 0.254 e. The normalized spacial score (nSPS) is 23.6. The summed E-state index contributed by atoms with van der Waals surface area (Å²) in [5.41, 5.74) is -0.226. The molecule has 0 aliphatic carbocycles. The van der Waals surface area contributed by atoms with Gasteiger partial charge in [0.1, 0.15) is 0 Å². The van der Waals surface area contributed by atoms with Crippen molar-refractivity contribution in [2.24, 2.45) is 11.3 Å². The lowest BCUT2D eigenvalue weighted by atomic mass is 9.68. The monoisotopic (exact) mass is 354 g/mol. The summed E-state index contributed by atoms with van der Waals surface area (Å²) in [4.78, 5) is 25.8. The number of hydrogen-bond donors (Lipinski definition) is 2. The Bertz CT molecular complexity index is 676. The van der Waals surface area contributed by atoms with Gasteiger partial charge in [-0.05, 0) is 44.7 Å². The first-order valence-corrected chi connectivity index (χ1v) is 8.38. The number of hydrogen-bond acceptors (Lipinski definition) is 3. The third-order valence-corrected chi connectivity index (χ3v) is 5.50. The summed E-state index contributed by atoms with van der Waals surface area (Å²) >= 11 is 5.74. The number of carbonyl (C=O) groups is 2. The van der Waals surface area contributed by atoms with E-state index < -0.39 is 11.6 Å². The predicted octanol–water partition coefficient (Wildman–Crippen LogP) is 2.56. The number of benzene rings is 1. The van der Waals surface area contributed by atoms with Gasteiger partial charge in [-0.3, -0.25) is 9.59 Å². The maximum absolute atomic E-state index is 13.6. The van der Waals surface area contributed by atoms with Gasteiger partial charge in [0.25, 0.3) is 5.91 Å². The Labute approximate surface area is 144 Å². The Morgan fingerprint density at radius 1 is 1.38 bits per heavy atom. The first-order chi connectivity index (χ1) is 11.2. The van der Waals surface area contributed by atoms with Gasteiger partial charge < -0.3 is 15.3 Å². The number of amides is 2. The van der Waals surface area contributed by atoms with Gasteiger partial charge in [-0.25, -0.2) is 4.39 Å². The SMILES string of the molecule is CC1(C)C(=O)N[C@@H]1C1CCN(C(=O)c2cc(F)c(O)c(Cl)c2)CC1. The lowest BCUT2D eigenvalue weighted by molar-refractivity contribution is -0.146. The molecule has 130 valence electrons. The molecule has 0 bridgehead atoms. The number of carbonyl (C=O) groups excluding carboxylic acids is 2. The van der Waals surface area contributed by atoms with E-state index in [1.807, 2.05) is 13.8 Å². The summed E-state index contributed by atoms with van der Waals surface area (Å²) in [6.45, 7) is 4.97. The summed E-state index contributed by atoms with van der Waals surface area (Å²) in [5, 5.41) is 12.1. The van der Waals surface area contributed by atoms with Crippen molar-refractivity contribution in [3.63, 3.8) is 0 Å². The number of nitrogens with one attached hydrogen (secondary N) is 1. The van der Waals surface area contributed by atoms with Crippen molar-refractivity contribution < 1.29 is 19.1 Å². The molecule has 1 aromatic carbocycles.